The Morgan fingerprint density at radius 2 is 1.65 bits per heavy atom. The highest BCUT2D eigenvalue weighted by Crippen LogP contribution is 2.23. The van der Waals surface area contributed by atoms with E-state index in [4.69, 9.17) is 0 Å². The molecule has 1 unspecified atom stereocenters. The highest BCUT2D eigenvalue weighted by atomic mass is 19.1. The standard InChI is InChI=1S/C20H24FN3O2/c1-14(2)17-9-4-5-10-18(17)23-20(26)13-24(3)12-19(25)22-16-8-6-7-15(21)11-16/h4-11,14H,12-13H2,1-3H3,(H,22,25)(H,23,26)/p+1. The summed E-state index contributed by atoms with van der Waals surface area (Å²) >= 11 is 0. The molecule has 2 aromatic carbocycles. The van der Waals surface area contributed by atoms with Crippen molar-refractivity contribution in [2.75, 3.05) is 30.8 Å². The molecule has 0 radical (unpaired) electrons. The van der Waals surface area contributed by atoms with Crippen LogP contribution in [0.15, 0.2) is 48.5 Å². The van der Waals surface area contributed by atoms with E-state index < -0.39 is 5.82 Å². The Balaban J connectivity index is 1.86. The van der Waals surface area contributed by atoms with Crippen LogP contribution >= 0.6 is 0 Å². The number of likely N-dealkylation sites (N-methyl/N-ethyl adjacent to an activating group) is 1. The summed E-state index contributed by atoms with van der Waals surface area (Å²) in [5.41, 5.74) is 2.27. The summed E-state index contributed by atoms with van der Waals surface area (Å²) in [6.45, 7) is 4.40. The van der Waals surface area contributed by atoms with Crippen molar-refractivity contribution in [1.29, 1.82) is 0 Å². The van der Waals surface area contributed by atoms with Gasteiger partial charge in [-0.25, -0.2) is 4.39 Å². The molecule has 0 aromatic heterocycles. The Bertz CT molecular complexity index is 777. The van der Waals surface area contributed by atoms with Crippen LogP contribution < -0.4 is 15.5 Å². The van der Waals surface area contributed by atoms with Gasteiger partial charge in [-0.2, -0.15) is 0 Å². The van der Waals surface area contributed by atoms with E-state index in [1.165, 1.54) is 18.2 Å². The van der Waals surface area contributed by atoms with E-state index in [9.17, 15) is 14.0 Å². The fraction of sp³-hybridized carbons (Fsp3) is 0.300. The number of carbonyl (C=O) groups is 2. The van der Waals surface area contributed by atoms with Crippen LogP contribution in [0.4, 0.5) is 15.8 Å². The number of amides is 2. The van der Waals surface area contributed by atoms with Crippen molar-refractivity contribution < 1.29 is 18.9 Å². The first-order chi connectivity index (χ1) is 12.3. The maximum Gasteiger partial charge on any atom is 0.279 e. The normalized spacial score (nSPS) is 11.9. The van der Waals surface area contributed by atoms with Crippen molar-refractivity contribution in [2.24, 2.45) is 0 Å². The molecule has 2 rings (SSSR count). The molecule has 2 aromatic rings. The van der Waals surface area contributed by atoms with Gasteiger partial charge >= 0.3 is 0 Å². The zero-order valence-electron chi connectivity index (χ0n) is 15.3. The summed E-state index contributed by atoms with van der Waals surface area (Å²) in [6.07, 6.45) is 0. The predicted molar refractivity (Wildman–Crippen MR) is 101 cm³/mol. The topological polar surface area (TPSA) is 62.6 Å². The zero-order valence-corrected chi connectivity index (χ0v) is 15.3. The summed E-state index contributed by atoms with van der Waals surface area (Å²) in [5, 5.41) is 5.54. The van der Waals surface area contributed by atoms with Gasteiger partial charge < -0.3 is 15.5 Å². The van der Waals surface area contributed by atoms with Crippen molar-refractivity contribution >= 4 is 23.2 Å². The second kappa shape index (κ2) is 9.10. The summed E-state index contributed by atoms with van der Waals surface area (Å²) in [6, 6.07) is 13.4. The van der Waals surface area contributed by atoms with Crippen LogP contribution in [0.1, 0.15) is 25.3 Å². The minimum absolute atomic E-state index is 0.107. The highest BCUT2D eigenvalue weighted by Gasteiger charge is 2.16. The number of hydrogen-bond donors (Lipinski definition) is 3. The van der Waals surface area contributed by atoms with Gasteiger partial charge in [0.05, 0.1) is 7.05 Å². The van der Waals surface area contributed by atoms with Crippen LogP contribution in [0.5, 0.6) is 0 Å². The van der Waals surface area contributed by atoms with Crippen molar-refractivity contribution in [1.82, 2.24) is 0 Å². The van der Waals surface area contributed by atoms with E-state index >= 15 is 0 Å². The lowest BCUT2D eigenvalue weighted by Gasteiger charge is -2.16. The van der Waals surface area contributed by atoms with Crippen LogP contribution in [-0.4, -0.2) is 32.0 Å². The molecular formula is C20H25FN3O2+. The van der Waals surface area contributed by atoms with Gasteiger partial charge in [0.15, 0.2) is 13.1 Å². The molecule has 0 aliphatic carbocycles. The number of hydrogen-bond acceptors (Lipinski definition) is 2. The minimum Gasteiger partial charge on any atom is -0.322 e. The first-order valence-corrected chi connectivity index (χ1v) is 8.60. The molecule has 0 heterocycles. The summed E-state index contributed by atoms with van der Waals surface area (Å²) in [7, 11) is 1.76. The third-order valence-corrected chi connectivity index (χ3v) is 3.89. The SMILES string of the molecule is CC(C)c1ccccc1NC(=O)C[NH+](C)CC(=O)Nc1cccc(F)c1. The van der Waals surface area contributed by atoms with Gasteiger partial charge in [0.25, 0.3) is 11.8 Å². The van der Waals surface area contributed by atoms with Crippen molar-refractivity contribution in [3.8, 4) is 0 Å². The number of para-hydroxylation sites is 1. The molecule has 26 heavy (non-hydrogen) atoms. The fourth-order valence-corrected chi connectivity index (χ4v) is 2.69. The molecule has 5 nitrogen and oxygen atoms in total. The largest absolute Gasteiger partial charge is 0.322 e. The summed E-state index contributed by atoms with van der Waals surface area (Å²) < 4.78 is 13.1. The molecule has 3 N–H and O–H groups in total. The maximum absolute atomic E-state index is 13.1. The van der Waals surface area contributed by atoms with Crippen LogP contribution in [0.3, 0.4) is 0 Å². The molecular weight excluding hydrogens is 333 g/mol. The molecule has 0 bridgehead atoms. The zero-order chi connectivity index (χ0) is 19.1. The lowest BCUT2D eigenvalue weighted by Crippen LogP contribution is -3.11. The van der Waals surface area contributed by atoms with Gasteiger partial charge in [0.2, 0.25) is 0 Å². The lowest BCUT2D eigenvalue weighted by atomic mass is 10.0. The average molecular weight is 358 g/mol. The van der Waals surface area contributed by atoms with E-state index in [0.29, 0.717) is 11.6 Å². The molecule has 0 aliphatic rings. The van der Waals surface area contributed by atoms with E-state index in [1.54, 1.807) is 13.1 Å². The number of rotatable bonds is 7. The molecule has 1 atom stereocenters. The van der Waals surface area contributed by atoms with Gasteiger partial charge in [0, 0.05) is 11.4 Å². The number of nitrogens with one attached hydrogen (secondary N) is 3. The first-order valence-electron chi connectivity index (χ1n) is 8.60. The molecule has 0 spiro atoms. The third-order valence-electron chi connectivity index (χ3n) is 3.89. The second-order valence-corrected chi connectivity index (χ2v) is 6.66. The third kappa shape index (κ3) is 5.97. The molecule has 0 fully saturated rings. The van der Waals surface area contributed by atoms with Gasteiger partial charge in [-0.3, -0.25) is 9.59 Å². The average Bonchev–Trinajstić information content (AvgIpc) is 2.54. The van der Waals surface area contributed by atoms with Gasteiger partial charge in [-0.1, -0.05) is 38.1 Å². The van der Waals surface area contributed by atoms with Gasteiger partial charge in [0.1, 0.15) is 5.82 Å². The monoisotopic (exact) mass is 358 g/mol. The molecule has 0 saturated carbocycles. The van der Waals surface area contributed by atoms with E-state index in [-0.39, 0.29) is 24.9 Å². The second-order valence-electron chi connectivity index (χ2n) is 6.66. The Morgan fingerprint density at radius 3 is 2.31 bits per heavy atom. The minimum atomic E-state index is -0.410. The summed E-state index contributed by atoms with van der Waals surface area (Å²) in [4.78, 5) is 25.0. The van der Waals surface area contributed by atoms with Crippen LogP contribution in [0, 0.1) is 5.82 Å². The number of carbonyl (C=O) groups excluding carboxylic acids is 2. The van der Waals surface area contributed by atoms with E-state index in [2.05, 4.69) is 24.5 Å². The molecule has 2 amide bonds. The number of anilines is 2. The Kier molecular flexibility index (Phi) is 6.86. The first kappa shape index (κ1) is 19.6. The van der Waals surface area contributed by atoms with E-state index in [1.807, 2.05) is 24.3 Å². The van der Waals surface area contributed by atoms with E-state index in [0.717, 1.165) is 16.2 Å². The van der Waals surface area contributed by atoms with Gasteiger partial charge in [-0.15, -0.1) is 0 Å². The smallest absolute Gasteiger partial charge is 0.279 e. The Morgan fingerprint density at radius 1 is 1.00 bits per heavy atom. The molecule has 0 saturated heterocycles. The van der Waals surface area contributed by atoms with Crippen LogP contribution in [-0.2, 0) is 9.59 Å². The van der Waals surface area contributed by atoms with Crippen LogP contribution in [0.25, 0.3) is 0 Å². The fourth-order valence-electron chi connectivity index (χ4n) is 2.69. The number of benzene rings is 2. The number of quaternary nitrogens is 1. The maximum atomic E-state index is 13.1. The van der Waals surface area contributed by atoms with Crippen molar-refractivity contribution in [3.05, 3.63) is 59.9 Å². The molecule has 138 valence electrons. The number of halogens is 1. The molecule has 0 aliphatic heterocycles. The van der Waals surface area contributed by atoms with Crippen molar-refractivity contribution in [3.63, 3.8) is 0 Å². The van der Waals surface area contributed by atoms with Gasteiger partial charge in [-0.05, 0) is 35.7 Å². The Hall–Kier alpha value is -2.73. The van der Waals surface area contributed by atoms with Crippen LogP contribution in [0.2, 0.25) is 0 Å². The lowest BCUT2D eigenvalue weighted by molar-refractivity contribution is -0.862. The predicted octanol–water partition coefficient (Wildman–Crippen LogP) is 2.04. The highest BCUT2D eigenvalue weighted by molar-refractivity contribution is 5.93. The quantitative estimate of drug-likeness (QED) is 0.709. The molecule has 6 heteroatoms. The Labute approximate surface area is 153 Å². The summed E-state index contributed by atoms with van der Waals surface area (Å²) in [5.74, 6) is -0.544. The van der Waals surface area contributed by atoms with Crippen molar-refractivity contribution in [2.45, 2.75) is 19.8 Å².